The van der Waals surface area contributed by atoms with E-state index in [0.717, 1.165) is 0 Å². The predicted octanol–water partition coefficient (Wildman–Crippen LogP) is 4.41. The summed E-state index contributed by atoms with van der Waals surface area (Å²) in [5.74, 6) is -0.748. The molecule has 0 fully saturated rings. The van der Waals surface area contributed by atoms with E-state index in [-0.39, 0.29) is 29.0 Å². The number of nitrogens with one attached hydrogen (secondary N) is 1. The monoisotopic (exact) mass is 447 g/mol. The normalized spacial score (nSPS) is 12.1. The van der Waals surface area contributed by atoms with Crippen LogP contribution in [-0.4, -0.2) is 10.9 Å². The first-order valence-corrected chi connectivity index (χ1v) is 9.04. The second kappa shape index (κ2) is 7.94. The SMILES string of the molecule is O=C(NCc1cccc[n+]1[O-])c1csc(-c2ccc(C(F)(F)F)cc2C(F)(F)F)n1. The molecule has 0 radical (unpaired) electrons. The minimum atomic E-state index is -5.06. The molecule has 1 amide bonds. The molecule has 2 heterocycles. The van der Waals surface area contributed by atoms with E-state index in [1.807, 2.05) is 0 Å². The van der Waals surface area contributed by atoms with E-state index in [2.05, 4.69) is 10.3 Å². The van der Waals surface area contributed by atoms with Crippen LogP contribution in [0.5, 0.6) is 0 Å². The third kappa shape index (κ3) is 4.70. The van der Waals surface area contributed by atoms with Crippen molar-refractivity contribution in [2.75, 3.05) is 0 Å². The number of hydrogen-bond donors (Lipinski definition) is 1. The highest BCUT2D eigenvalue weighted by Gasteiger charge is 2.39. The molecule has 2 aromatic heterocycles. The number of aromatic nitrogens is 2. The maximum atomic E-state index is 13.3. The first kappa shape index (κ1) is 21.6. The molecule has 0 aliphatic heterocycles. The fraction of sp³-hybridized carbons (Fsp3) is 0.167. The molecule has 0 atom stereocenters. The molecule has 3 aromatic rings. The minimum Gasteiger partial charge on any atom is -0.618 e. The number of nitrogens with zero attached hydrogens (tertiary/aromatic N) is 2. The topological polar surface area (TPSA) is 68.9 Å². The Hall–Kier alpha value is -3.15. The number of thiazole rings is 1. The van der Waals surface area contributed by atoms with Crippen LogP contribution in [-0.2, 0) is 18.9 Å². The summed E-state index contributed by atoms with van der Waals surface area (Å²) in [4.78, 5) is 16.0. The Balaban J connectivity index is 1.86. The molecule has 0 saturated carbocycles. The van der Waals surface area contributed by atoms with Crippen molar-refractivity contribution in [2.45, 2.75) is 18.9 Å². The average Bonchev–Trinajstić information content (AvgIpc) is 3.15. The third-order valence-electron chi connectivity index (χ3n) is 3.95. The standard InChI is InChI=1S/C18H11F6N3O2S/c19-17(20,21)10-4-5-12(13(7-10)18(22,23)24)16-26-14(9-30-16)15(28)25-8-11-3-1-2-6-27(11)29/h1-7,9H,8H2,(H,25,28). The number of benzene rings is 1. The Bertz CT molecular complexity index is 1080. The van der Waals surface area contributed by atoms with Gasteiger partial charge in [-0.25, -0.2) is 4.98 Å². The van der Waals surface area contributed by atoms with Gasteiger partial charge in [-0.2, -0.15) is 31.1 Å². The molecule has 3 rings (SSSR count). The van der Waals surface area contributed by atoms with Gasteiger partial charge < -0.3 is 10.5 Å². The average molecular weight is 447 g/mol. The molecular formula is C18H11F6N3O2S. The molecule has 30 heavy (non-hydrogen) atoms. The highest BCUT2D eigenvalue weighted by Crippen LogP contribution is 2.41. The van der Waals surface area contributed by atoms with Crippen LogP contribution < -0.4 is 10.0 Å². The maximum Gasteiger partial charge on any atom is 0.417 e. The Morgan fingerprint density at radius 1 is 1.10 bits per heavy atom. The maximum absolute atomic E-state index is 13.3. The van der Waals surface area contributed by atoms with E-state index in [9.17, 15) is 36.3 Å². The van der Waals surface area contributed by atoms with Crippen molar-refractivity contribution in [3.8, 4) is 10.6 Å². The molecule has 0 aliphatic carbocycles. The molecule has 0 spiro atoms. The van der Waals surface area contributed by atoms with Gasteiger partial charge in [0.15, 0.2) is 6.20 Å². The summed E-state index contributed by atoms with van der Waals surface area (Å²) in [6.07, 6.45) is -8.77. The lowest BCUT2D eigenvalue weighted by atomic mass is 10.0. The summed E-state index contributed by atoms with van der Waals surface area (Å²) in [6, 6.07) is 5.76. The molecule has 1 N–H and O–H groups in total. The highest BCUT2D eigenvalue weighted by molar-refractivity contribution is 7.13. The van der Waals surface area contributed by atoms with E-state index < -0.39 is 35.0 Å². The summed E-state index contributed by atoms with van der Waals surface area (Å²) in [5, 5.41) is 14.9. The van der Waals surface area contributed by atoms with E-state index in [1.165, 1.54) is 23.7 Å². The van der Waals surface area contributed by atoms with Crippen LogP contribution in [0, 0.1) is 5.21 Å². The van der Waals surface area contributed by atoms with Gasteiger partial charge in [0.25, 0.3) is 5.91 Å². The van der Waals surface area contributed by atoms with Crippen LogP contribution in [0.25, 0.3) is 10.6 Å². The second-order valence-corrected chi connectivity index (χ2v) is 6.85. The van der Waals surface area contributed by atoms with Crippen LogP contribution in [0.1, 0.15) is 27.3 Å². The quantitative estimate of drug-likeness (QED) is 0.366. The highest BCUT2D eigenvalue weighted by atomic mass is 32.1. The Morgan fingerprint density at radius 2 is 1.83 bits per heavy atom. The second-order valence-electron chi connectivity index (χ2n) is 5.99. The molecule has 1 aromatic carbocycles. The Morgan fingerprint density at radius 3 is 2.47 bits per heavy atom. The van der Waals surface area contributed by atoms with Gasteiger partial charge in [0.05, 0.1) is 11.1 Å². The Kier molecular flexibility index (Phi) is 5.70. The molecule has 0 bridgehead atoms. The van der Waals surface area contributed by atoms with Crippen molar-refractivity contribution in [1.29, 1.82) is 0 Å². The molecule has 12 heteroatoms. The summed E-state index contributed by atoms with van der Waals surface area (Å²) in [5.41, 5.74) is -3.52. The Labute approximate surface area is 169 Å². The van der Waals surface area contributed by atoms with Crippen molar-refractivity contribution >= 4 is 17.2 Å². The number of carbonyl (C=O) groups excluding carboxylic acids is 1. The molecule has 0 saturated heterocycles. The molecule has 0 aliphatic rings. The first-order valence-electron chi connectivity index (χ1n) is 8.16. The van der Waals surface area contributed by atoms with Crippen LogP contribution >= 0.6 is 11.3 Å². The van der Waals surface area contributed by atoms with Crippen LogP contribution in [0.2, 0.25) is 0 Å². The zero-order valence-corrected chi connectivity index (χ0v) is 15.5. The fourth-order valence-electron chi connectivity index (χ4n) is 2.51. The number of pyridine rings is 1. The lowest BCUT2D eigenvalue weighted by molar-refractivity contribution is -0.614. The van der Waals surface area contributed by atoms with Crippen LogP contribution in [0.3, 0.4) is 0 Å². The van der Waals surface area contributed by atoms with Gasteiger partial charge in [0.1, 0.15) is 17.2 Å². The third-order valence-corrected chi connectivity index (χ3v) is 4.83. The first-order chi connectivity index (χ1) is 14.0. The van der Waals surface area contributed by atoms with Crippen LogP contribution in [0.4, 0.5) is 26.3 Å². The lowest BCUT2D eigenvalue weighted by Gasteiger charge is -2.14. The van der Waals surface area contributed by atoms with Crippen LogP contribution in [0.15, 0.2) is 48.0 Å². The number of carbonyl (C=O) groups is 1. The number of rotatable bonds is 4. The van der Waals surface area contributed by atoms with Crippen molar-refractivity contribution in [2.24, 2.45) is 0 Å². The van der Waals surface area contributed by atoms with Crippen molar-refractivity contribution in [3.05, 3.63) is 75.7 Å². The van der Waals surface area contributed by atoms with Gasteiger partial charge in [0, 0.05) is 23.1 Å². The molecule has 0 unspecified atom stereocenters. The summed E-state index contributed by atoms with van der Waals surface area (Å²) < 4.78 is 78.9. The van der Waals surface area contributed by atoms with E-state index in [1.54, 1.807) is 6.07 Å². The zero-order valence-electron chi connectivity index (χ0n) is 14.7. The van der Waals surface area contributed by atoms with Crippen molar-refractivity contribution < 1.29 is 35.9 Å². The fourth-order valence-corrected chi connectivity index (χ4v) is 3.34. The van der Waals surface area contributed by atoms with Gasteiger partial charge >= 0.3 is 12.4 Å². The van der Waals surface area contributed by atoms with Gasteiger partial charge in [-0.15, -0.1) is 11.3 Å². The van der Waals surface area contributed by atoms with E-state index in [0.29, 0.717) is 28.2 Å². The van der Waals surface area contributed by atoms with E-state index in [4.69, 9.17) is 0 Å². The number of halogens is 6. The lowest BCUT2D eigenvalue weighted by Crippen LogP contribution is -2.35. The van der Waals surface area contributed by atoms with Crippen molar-refractivity contribution in [3.63, 3.8) is 0 Å². The number of amides is 1. The summed E-state index contributed by atoms with van der Waals surface area (Å²) in [6.45, 7) is -0.149. The largest absolute Gasteiger partial charge is 0.618 e. The summed E-state index contributed by atoms with van der Waals surface area (Å²) in [7, 11) is 0. The zero-order chi connectivity index (χ0) is 22.1. The van der Waals surface area contributed by atoms with Gasteiger partial charge in [-0.05, 0) is 18.2 Å². The molecular weight excluding hydrogens is 436 g/mol. The smallest absolute Gasteiger partial charge is 0.417 e. The van der Waals surface area contributed by atoms with Gasteiger partial charge in [-0.3, -0.25) is 4.79 Å². The summed E-state index contributed by atoms with van der Waals surface area (Å²) >= 11 is 0.679. The minimum absolute atomic E-state index is 0.0128. The van der Waals surface area contributed by atoms with Crippen molar-refractivity contribution in [1.82, 2.24) is 10.3 Å². The number of alkyl halides is 6. The van der Waals surface area contributed by atoms with Gasteiger partial charge in [0.2, 0.25) is 5.69 Å². The van der Waals surface area contributed by atoms with Gasteiger partial charge in [-0.1, -0.05) is 6.07 Å². The molecule has 5 nitrogen and oxygen atoms in total. The molecule has 158 valence electrons. The number of hydrogen-bond acceptors (Lipinski definition) is 4. The van der Waals surface area contributed by atoms with E-state index >= 15 is 0 Å². The predicted molar refractivity (Wildman–Crippen MR) is 94.1 cm³/mol.